The lowest BCUT2D eigenvalue weighted by Crippen LogP contribution is -2.42. The zero-order valence-electron chi connectivity index (χ0n) is 19.0. The lowest BCUT2D eigenvalue weighted by Gasteiger charge is -2.19. The van der Waals surface area contributed by atoms with Gasteiger partial charge in [-0.1, -0.05) is 0 Å². The molecule has 0 aliphatic carbocycles. The fourth-order valence-electron chi connectivity index (χ4n) is 5.03. The Balaban J connectivity index is 1.20. The summed E-state index contributed by atoms with van der Waals surface area (Å²) in [5.74, 6) is -1.17. The van der Waals surface area contributed by atoms with Crippen molar-refractivity contribution in [1.82, 2.24) is 10.6 Å². The zero-order valence-corrected chi connectivity index (χ0v) is 19.0. The number of carbonyl (C=O) groups excluding carboxylic acids is 4. The van der Waals surface area contributed by atoms with Crippen molar-refractivity contribution in [2.45, 2.75) is 62.8 Å². The number of ether oxygens (including phenoxy) is 2. The van der Waals surface area contributed by atoms with Gasteiger partial charge in [0.1, 0.15) is 0 Å². The number of carbonyl (C=O) groups is 4. The van der Waals surface area contributed by atoms with Crippen LogP contribution in [-0.4, -0.2) is 74.2 Å². The first kappa shape index (κ1) is 23.1. The van der Waals surface area contributed by atoms with E-state index in [1.165, 1.54) is 0 Å². The summed E-state index contributed by atoms with van der Waals surface area (Å²) in [5.41, 5.74) is 0.847. The van der Waals surface area contributed by atoms with Crippen molar-refractivity contribution in [3.05, 3.63) is 24.3 Å². The van der Waals surface area contributed by atoms with Crippen LogP contribution in [0.2, 0.25) is 0 Å². The fraction of sp³-hybridized carbons (Fsp3) is 0.583. The number of hydrogen-bond donors (Lipinski definition) is 2. The molecule has 4 amide bonds. The van der Waals surface area contributed by atoms with Crippen molar-refractivity contribution in [3.8, 4) is 0 Å². The molecule has 0 radical (unpaired) electrons. The summed E-state index contributed by atoms with van der Waals surface area (Å²) < 4.78 is 11.1. The van der Waals surface area contributed by atoms with E-state index in [4.69, 9.17) is 9.47 Å². The Morgan fingerprint density at radius 3 is 1.47 bits per heavy atom. The maximum absolute atomic E-state index is 12.9. The largest absolute Gasteiger partial charge is 0.377 e. The zero-order chi connectivity index (χ0) is 23.7. The van der Waals surface area contributed by atoms with E-state index >= 15 is 0 Å². The Morgan fingerprint density at radius 1 is 0.706 bits per heavy atom. The second kappa shape index (κ2) is 9.91. The number of rotatable bonds is 8. The molecule has 0 aromatic heterocycles. The van der Waals surface area contributed by atoms with E-state index in [1.807, 2.05) is 0 Å². The van der Waals surface area contributed by atoms with E-state index in [0.29, 0.717) is 24.5 Å². The van der Waals surface area contributed by atoms with Crippen LogP contribution in [0.15, 0.2) is 24.3 Å². The summed E-state index contributed by atoms with van der Waals surface area (Å²) >= 11 is 0. The number of amides is 4. The van der Waals surface area contributed by atoms with E-state index in [9.17, 15) is 19.2 Å². The third-order valence-electron chi connectivity index (χ3n) is 6.89. The normalized spacial score (nSPS) is 29.8. The fourth-order valence-corrected chi connectivity index (χ4v) is 5.03. The van der Waals surface area contributed by atoms with Gasteiger partial charge in [0.25, 0.3) is 11.8 Å². The molecule has 4 saturated heterocycles. The summed E-state index contributed by atoms with van der Waals surface area (Å²) in [6, 6.07) is 5.24. The number of benzene rings is 1. The van der Waals surface area contributed by atoms with E-state index in [2.05, 4.69) is 10.6 Å². The average molecular weight is 471 g/mol. The lowest BCUT2D eigenvalue weighted by molar-refractivity contribution is -0.123. The average Bonchev–Trinajstić information content (AvgIpc) is 3.61. The maximum Gasteiger partial charge on any atom is 0.251 e. The minimum Gasteiger partial charge on any atom is -0.377 e. The van der Waals surface area contributed by atoms with Crippen LogP contribution in [0.3, 0.4) is 0 Å². The van der Waals surface area contributed by atoms with E-state index < -0.39 is 12.1 Å². The number of imide groups is 2. The molecule has 1 aromatic carbocycles. The molecule has 5 rings (SSSR count). The van der Waals surface area contributed by atoms with Gasteiger partial charge in [-0.05, 0) is 49.9 Å². The van der Waals surface area contributed by atoms with Gasteiger partial charge in [0.2, 0.25) is 11.8 Å². The van der Waals surface area contributed by atoms with Gasteiger partial charge in [-0.25, -0.2) is 9.80 Å². The molecule has 10 heteroatoms. The highest BCUT2D eigenvalue weighted by Crippen LogP contribution is 2.29. The number of hydrogen-bond acceptors (Lipinski definition) is 8. The molecule has 182 valence electrons. The lowest BCUT2D eigenvalue weighted by atomic mass is 10.2. The van der Waals surface area contributed by atoms with Crippen molar-refractivity contribution < 1.29 is 28.7 Å². The van der Waals surface area contributed by atoms with Crippen LogP contribution in [0, 0.1) is 0 Å². The second-order valence-electron chi connectivity index (χ2n) is 9.25. The van der Waals surface area contributed by atoms with Crippen LogP contribution in [0.4, 0.5) is 11.4 Å². The third-order valence-corrected chi connectivity index (χ3v) is 6.89. The summed E-state index contributed by atoms with van der Waals surface area (Å²) in [7, 11) is 0. The molecule has 0 bridgehead atoms. The molecule has 0 saturated carbocycles. The molecule has 4 fully saturated rings. The summed E-state index contributed by atoms with van der Waals surface area (Å²) in [4.78, 5) is 53.2. The highest BCUT2D eigenvalue weighted by molar-refractivity contribution is 6.24. The molecule has 0 unspecified atom stereocenters. The Labute approximate surface area is 197 Å². The van der Waals surface area contributed by atoms with Crippen LogP contribution in [0.25, 0.3) is 0 Å². The van der Waals surface area contributed by atoms with Crippen LogP contribution < -0.4 is 20.4 Å². The molecule has 0 spiro atoms. The Bertz CT molecular complexity index is 878. The highest BCUT2D eigenvalue weighted by atomic mass is 16.5. The third kappa shape index (κ3) is 4.63. The molecule has 4 aliphatic heterocycles. The minimum absolute atomic E-state index is 0.0794. The van der Waals surface area contributed by atoms with Crippen LogP contribution in [-0.2, 0) is 28.7 Å². The minimum atomic E-state index is -0.575. The van der Waals surface area contributed by atoms with Crippen molar-refractivity contribution in [3.63, 3.8) is 0 Å². The molecule has 4 heterocycles. The summed E-state index contributed by atoms with van der Waals surface area (Å²) in [6.45, 7) is 2.54. The van der Waals surface area contributed by atoms with Crippen molar-refractivity contribution in [2.24, 2.45) is 0 Å². The van der Waals surface area contributed by atoms with E-state index in [1.54, 1.807) is 24.3 Å². The summed E-state index contributed by atoms with van der Waals surface area (Å²) in [5, 5.41) is 6.32. The maximum atomic E-state index is 12.9. The number of nitrogens with one attached hydrogen (secondary N) is 2. The van der Waals surface area contributed by atoms with E-state index in [0.717, 1.165) is 48.7 Å². The predicted molar refractivity (Wildman–Crippen MR) is 122 cm³/mol. The second-order valence-corrected chi connectivity index (χ2v) is 9.25. The van der Waals surface area contributed by atoms with E-state index in [-0.39, 0.29) is 48.7 Å². The monoisotopic (exact) mass is 470 g/mol. The highest BCUT2D eigenvalue weighted by Gasteiger charge is 2.41. The van der Waals surface area contributed by atoms with Crippen molar-refractivity contribution >= 4 is 35.0 Å². The van der Waals surface area contributed by atoms with Gasteiger partial charge in [0.15, 0.2) is 0 Å². The first-order valence-corrected chi connectivity index (χ1v) is 12.0. The van der Waals surface area contributed by atoms with Crippen molar-refractivity contribution in [2.75, 3.05) is 36.1 Å². The van der Waals surface area contributed by atoms with Crippen LogP contribution >= 0.6 is 0 Å². The topological polar surface area (TPSA) is 117 Å². The van der Waals surface area contributed by atoms with Gasteiger partial charge in [-0.15, -0.1) is 0 Å². The number of anilines is 2. The molecule has 2 N–H and O–H groups in total. The number of nitrogens with zero attached hydrogens (tertiary/aromatic N) is 2. The summed E-state index contributed by atoms with van der Waals surface area (Å²) in [6.07, 6.45) is 4.26. The molecule has 4 atom stereocenters. The molecule has 10 nitrogen and oxygen atoms in total. The van der Waals surface area contributed by atoms with Crippen LogP contribution in [0.1, 0.15) is 38.5 Å². The quantitative estimate of drug-likeness (QED) is 0.527. The molecule has 1 aromatic rings. The molecular formula is C24H30N4O6. The van der Waals surface area contributed by atoms with Crippen LogP contribution in [0.5, 0.6) is 0 Å². The van der Waals surface area contributed by atoms with Gasteiger partial charge >= 0.3 is 0 Å². The smallest absolute Gasteiger partial charge is 0.251 e. The van der Waals surface area contributed by atoms with Gasteiger partial charge in [0.05, 0.1) is 48.5 Å². The van der Waals surface area contributed by atoms with Crippen molar-refractivity contribution in [1.29, 1.82) is 0 Å². The molecular weight excluding hydrogens is 440 g/mol. The standard InChI is InChI=1S/C24H30N4O6/c29-21-11-19(25-13-17-3-1-9-33-17)23(31)27(21)15-5-7-16(8-6-15)28-22(30)12-20(24(28)32)26-14-18-4-2-10-34-18/h5-8,17-20,25-26H,1-4,9-14H2/t17-,18+,19-,20-/m1/s1. The Morgan fingerprint density at radius 2 is 1.12 bits per heavy atom. The molecule has 34 heavy (non-hydrogen) atoms. The van der Waals surface area contributed by atoms with Gasteiger partial charge in [0, 0.05) is 26.3 Å². The Hall–Kier alpha value is -2.66. The molecule has 4 aliphatic rings. The van der Waals surface area contributed by atoms with Gasteiger partial charge < -0.3 is 20.1 Å². The van der Waals surface area contributed by atoms with Gasteiger partial charge in [-0.2, -0.15) is 0 Å². The first-order chi connectivity index (χ1) is 16.5. The van der Waals surface area contributed by atoms with Gasteiger partial charge in [-0.3, -0.25) is 19.2 Å². The Kier molecular flexibility index (Phi) is 6.73. The SMILES string of the molecule is O=C1C[C@@H](NC[C@H]2CCCO2)C(=O)N1c1ccc(N2C(=O)C[C@@H](NC[C@@H]3CCCO3)C2=O)cc1. The first-order valence-electron chi connectivity index (χ1n) is 12.0. The predicted octanol–water partition coefficient (Wildman–Crippen LogP) is 0.488.